The van der Waals surface area contributed by atoms with Crippen LogP contribution in [0.3, 0.4) is 0 Å². The number of anilines is 1. The molecule has 1 aliphatic rings. The van der Waals surface area contributed by atoms with Crippen LogP contribution in [-0.4, -0.2) is 37.5 Å². The summed E-state index contributed by atoms with van der Waals surface area (Å²) in [6.45, 7) is 3.81. The van der Waals surface area contributed by atoms with Crippen LogP contribution in [0.5, 0.6) is 0 Å². The molecule has 1 amide bonds. The number of sulfonamides is 1. The molecule has 0 aliphatic carbocycles. The molecule has 2 aromatic rings. The molecule has 32 heavy (non-hydrogen) atoms. The molecule has 1 heterocycles. The van der Waals surface area contributed by atoms with Gasteiger partial charge in [-0.3, -0.25) is 4.79 Å². The van der Waals surface area contributed by atoms with Crippen molar-refractivity contribution in [1.82, 2.24) is 4.31 Å². The van der Waals surface area contributed by atoms with Gasteiger partial charge in [-0.05, 0) is 43.2 Å². The van der Waals surface area contributed by atoms with E-state index in [4.69, 9.17) is 0 Å². The number of benzene rings is 2. The van der Waals surface area contributed by atoms with Gasteiger partial charge in [-0.1, -0.05) is 24.3 Å². The van der Waals surface area contributed by atoms with Crippen LogP contribution in [-0.2, 0) is 21.0 Å². The maximum absolute atomic E-state index is 13.0. The first-order valence-corrected chi connectivity index (χ1v) is 12.4. The van der Waals surface area contributed by atoms with Crippen LogP contribution in [0.15, 0.2) is 71.0 Å². The summed E-state index contributed by atoms with van der Waals surface area (Å²) in [6.07, 6.45) is -2.29. The number of hydrogen-bond donors (Lipinski definition) is 1. The Morgan fingerprint density at radius 1 is 1.16 bits per heavy atom. The molecular weight excluding hydrogens is 461 g/mol. The van der Waals surface area contributed by atoms with E-state index in [9.17, 15) is 26.4 Å². The summed E-state index contributed by atoms with van der Waals surface area (Å²) in [7, 11) is -4.08. The van der Waals surface area contributed by atoms with Crippen molar-refractivity contribution in [3.8, 4) is 0 Å². The van der Waals surface area contributed by atoms with Gasteiger partial charge in [0.25, 0.3) is 0 Å². The van der Waals surface area contributed by atoms with Crippen molar-refractivity contribution in [3.05, 3.63) is 66.7 Å². The first-order valence-electron chi connectivity index (χ1n) is 9.94. The van der Waals surface area contributed by atoms with E-state index in [0.29, 0.717) is 17.5 Å². The fourth-order valence-electron chi connectivity index (χ4n) is 3.42. The lowest BCUT2D eigenvalue weighted by molar-refractivity contribution is -0.137. The molecule has 0 atom stereocenters. The highest BCUT2D eigenvalue weighted by atomic mass is 32.2. The van der Waals surface area contributed by atoms with Crippen molar-refractivity contribution < 1.29 is 26.4 Å². The molecular formula is C22H23F3N2O3S2. The maximum atomic E-state index is 13.0. The third-order valence-corrected chi connectivity index (χ3v) is 8.09. The molecule has 1 N–H and O–H groups in total. The van der Waals surface area contributed by atoms with Gasteiger partial charge < -0.3 is 5.32 Å². The molecule has 0 saturated carbocycles. The van der Waals surface area contributed by atoms with Crippen molar-refractivity contribution >= 4 is 33.4 Å². The largest absolute Gasteiger partial charge is 0.416 e. The fraction of sp³-hybridized carbons (Fsp3) is 0.318. The molecule has 1 saturated heterocycles. The summed E-state index contributed by atoms with van der Waals surface area (Å²) in [5.41, 5.74) is -0.329. The van der Waals surface area contributed by atoms with E-state index in [1.807, 2.05) is 18.2 Å². The van der Waals surface area contributed by atoms with E-state index in [0.717, 1.165) is 27.4 Å². The zero-order chi connectivity index (χ0) is 23.4. The predicted molar refractivity (Wildman–Crippen MR) is 119 cm³/mol. The Bertz CT molecular complexity index is 1080. The Hall–Kier alpha value is -2.30. The summed E-state index contributed by atoms with van der Waals surface area (Å²) in [4.78, 5) is 13.2. The Balaban J connectivity index is 1.65. The number of para-hydroxylation sites is 1. The number of halogens is 3. The number of rotatable bonds is 7. The summed E-state index contributed by atoms with van der Waals surface area (Å²) in [6, 6.07) is 11.1. The first kappa shape index (κ1) is 24.3. The summed E-state index contributed by atoms with van der Waals surface area (Å²) >= 11 is 1.54. The number of thioether (sulfide) groups is 1. The number of carbonyl (C=O) groups excluding carboxylic acids is 1. The Labute approximate surface area is 189 Å². The topological polar surface area (TPSA) is 66.5 Å². The van der Waals surface area contributed by atoms with Crippen molar-refractivity contribution in [1.29, 1.82) is 0 Å². The second kappa shape index (κ2) is 10.1. The lowest BCUT2D eigenvalue weighted by Gasteiger charge is -2.30. The van der Waals surface area contributed by atoms with Gasteiger partial charge in [0.05, 0.1) is 16.1 Å². The minimum Gasteiger partial charge on any atom is -0.325 e. The van der Waals surface area contributed by atoms with Gasteiger partial charge in [-0.25, -0.2) is 8.42 Å². The summed E-state index contributed by atoms with van der Waals surface area (Å²) in [5, 5.41) is 2.91. The van der Waals surface area contributed by atoms with E-state index in [1.165, 1.54) is 11.8 Å². The van der Waals surface area contributed by atoms with Gasteiger partial charge >= 0.3 is 6.18 Å². The molecule has 3 rings (SSSR count). The van der Waals surface area contributed by atoms with Gasteiger partial charge in [0.2, 0.25) is 15.9 Å². The standard InChI is InChI=1S/C22H23F3N2O3S2/c1-2-14-31-20-9-4-3-8-19(20)26-21(28)16-10-12-27(13-11-16)32(29,30)18-7-5-6-17(15-18)22(23,24)25/h2-9,15-16H,1,10-14H2,(H,26,28). The second-order valence-corrected chi connectivity index (χ2v) is 10.3. The summed E-state index contributed by atoms with van der Waals surface area (Å²) < 4.78 is 65.7. The van der Waals surface area contributed by atoms with E-state index in [-0.39, 0.29) is 37.8 Å². The predicted octanol–water partition coefficient (Wildman–Crippen LogP) is 5.02. The lowest BCUT2D eigenvalue weighted by Crippen LogP contribution is -2.41. The Morgan fingerprint density at radius 3 is 2.50 bits per heavy atom. The fourth-order valence-corrected chi connectivity index (χ4v) is 5.68. The van der Waals surface area contributed by atoms with Crippen LogP contribution >= 0.6 is 11.8 Å². The minimum absolute atomic E-state index is 0.0591. The van der Waals surface area contributed by atoms with Crippen LogP contribution in [0.1, 0.15) is 18.4 Å². The molecule has 0 spiro atoms. The third kappa shape index (κ3) is 5.73. The molecule has 5 nitrogen and oxygen atoms in total. The molecule has 0 aromatic heterocycles. The number of nitrogens with zero attached hydrogens (tertiary/aromatic N) is 1. The molecule has 2 aromatic carbocycles. The van der Waals surface area contributed by atoms with E-state index < -0.39 is 26.7 Å². The highest BCUT2D eigenvalue weighted by molar-refractivity contribution is 7.99. The number of alkyl halides is 3. The highest BCUT2D eigenvalue weighted by Crippen LogP contribution is 2.32. The molecule has 172 valence electrons. The molecule has 1 fully saturated rings. The minimum atomic E-state index is -4.63. The molecule has 0 radical (unpaired) electrons. The zero-order valence-electron chi connectivity index (χ0n) is 17.1. The number of nitrogens with one attached hydrogen (secondary N) is 1. The second-order valence-electron chi connectivity index (χ2n) is 7.29. The average molecular weight is 485 g/mol. The van der Waals surface area contributed by atoms with Gasteiger partial charge in [-0.2, -0.15) is 17.5 Å². The van der Waals surface area contributed by atoms with Crippen LogP contribution in [0.25, 0.3) is 0 Å². The average Bonchev–Trinajstić information content (AvgIpc) is 2.78. The molecule has 10 heteroatoms. The monoisotopic (exact) mass is 484 g/mol. The first-order chi connectivity index (χ1) is 15.1. The normalized spacial score (nSPS) is 16.0. The van der Waals surface area contributed by atoms with E-state index in [2.05, 4.69) is 11.9 Å². The van der Waals surface area contributed by atoms with Gasteiger partial charge in [0.15, 0.2) is 0 Å². The molecule has 1 aliphatic heterocycles. The van der Waals surface area contributed by atoms with Gasteiger partial charge in [0.1, 0.15) is 0 Å². The quantitative estimate of drug-likeness (QED) is 0.443. The maximum Gasteiger partial charge on any atom is 0.416 e. The van der Waals surface area contributed by atoms with Crippen molar-refractivity contribution in [2.75, 3.05) is 24.2 Å². The van der Waals surface area contributed by atoms with Gasteiger partial charge in [-0.15, -0.1) is 18.3 Å². The van der Waals surface area contributed by atoms with Crippen molar-refractivity contribution in [2.24, 2.45) is 5.92 Å². The molecule has 0 bridgehead atoms. The smallest absolute Gasteiger partial charge is 0.325 e. The van der Waals surface area contributed by atoms with Crippen LogP contribution in [0.2, 0.25) is 0 Å². The molecule has 0 unspecified atom stereocenters. The van der Waals surface area contributed by atoms with Crippen LogP contribution in [0.4, 0.5) is 18.9 Å². The number of carbonyl (C=O) groups is 1. The van der Waals surface area contributed by atoms with Crippen molar-refractivity contribution in [2.45, 2.75) is 28.8 Å². The van der Waals surface area contributed by atoms with E-state index >= 15 is 0 Å². The SMILES string of the molecule is C=CCSc1ccccc1NC(=O)C1CCN(S(=O)(=O)c2cccc(C(F)(F)F)c2)CC1. The highest BCUT2D eigenvalue weighted by Gasteiger charge is 2.35. The number of piperidine rings is 1. The Morgan fingerprint density at radius 2 is 1.84 bits per heavy atom. The lowest BCUT2D eigenvalue weighted by atomic mass is 9.97. The van der Waals surface area contributed by atoms with Gasteiger partial charge in [0, 0.05) is 29.7 Å². The Kier molecular flexibility index (Phi) is 7.68. The number of amides is 1. The third-order valence-electron chi connectivity index (χ3n) is 5.13. The van der Waals surface area contributed by atoms with Crippen LogP contribution < -0.4 is 5.32 Å². The number of hydrogen-bond acceptors (Lipinski definition) is 4. The van der Waals surface area contributed by atoms with Crippen LogP contribution in [0, 0.1) is 5.92 Å². The van der Waals surface area contributed by atoms with Crippen molar-refractivity contribution in [3.63, 3.8) is 0 Å². The summed E-state index contributed by atoms with van der Waals surface area (Å²) in [5.74, 6) is 0.103. The van der Waals surface area contributed by atoms with E-state index in [1.54, 1.807) is 12.1 Å². The zero-order valence-corrected chi connectivity index (χ0v) is 18.8.